The Hall–Kier alpha value is -2.57. The van der Waals surface area contributed by atoms with Crippen LogP contribution < -0.4 is 15.4 Å². The lowest BCUT2D eigenvalue weighted by Gasteiger charge is -2.36. The quantitative estimate of drug-likeness (QED) is 0.681. The average molecular weight is 418 g/mol. The summed E-state index contributed by atoms with van der Waals surface area (Å²) < 4.78 is 5.14. The second kappa shape index (κ2) is 11.0. The van der Waals surface area contributed by atoms with Crippen LogP contribution in [0.5, 0.6) is 5.75 Å². The molecule has 1 fully saturated rings. The number of rotatable bonds is 8. The lowest BCUT2D eigenvalue weighted by molar-refractivity contribution is -0.136. The number of likely N-dealkylation sites (tertiary alicyclic amines) is 1. The number of amides is 3. The summed E-state index contributed by atoms with van der Waals surface area (Å²) in [4.78, 5) is 39.9. The first kappa shape index (κ1) is 23.7. The summed E-state index contributed by atoms with van der Waals surface area (Å²) in [5.74, 6) is 0.284. The molecule has 166 valence electrons. The minimum absolute atomic E-state index is 0.0209. The highest BCUT2D eigenvalue weighted by molar-refractivity contribution is 5.97. The summed E-state index contributed by atoms with van der Waals surface area (Å²) in [7, 11) is 1.57. The van der Waals surface area contributed by atoms with Gasteiger partial charge in [0.25, 0.3) is 5.91 Å². The van der Waals surface area contributed by atoms with E-state index in [-0.39, 0.29) is 35.6 Å². The first-order valence-electron chi connectivity index (χ1n) is 10.8. The van der Waals surface area contributed by atoms with Crippen molar-refractivity contribution in [3.8, 4) is 5.75 Å². The lowest BCUT2D eigenvalue weighted by atomic mass is 9.88. The van der Waals surface area contributed by atoms with Crippen LogP contribution in [0, 0.1) is 11.8 Å². The van der Waals surface area contributed by atoms with E-state index in [0.717, 1.165) is 6.42 Å². The monoisotopic (exact) mass is 417 g/mol. The van der Waals surface area contributed by atoms with E-state index in [1.165, 1.54) is 0 Å². The smallest absolute Gasteiger partial charge is 0.251 e. The van der Waals surface area contributed by atoms with Gasteiger partial charge in [0, 0.05) is 30.6 Å². The predicted octanol–water partition coefficient (Wildman–Crippen LogP) is 2.60. The number of nitrogens with one attached hydrogen (secondary N) is 2. The summed E-state index contributed by atoms with van der Waals surface area (Å²) in [5.41, 5.74) is 0.476. The third kappa shape index (κ3) is 6.21. The highest BCUT2D eigenvalue weighted by Crippen LogP contribution is 2.23. The molecule has 3 amide bonds. The second-order valence-electron chi connectivity index (χ2n) is 8.31. The normalized spacial score (nSPS) is 16.7. The molecule has 2 atom stereocenters. The molecular weight excluding hydrogens is 382 g/mol. The van der Waals surface area contributed by atoms with Gasteiger partial charge < -0.3 is 20.3 Å². The molecule has 0 bridgehead atoms. The number of carbonyl (C=O) groups excluding carboxylic acids is 3. The molecule has 1 saturated heterocycles. The Labute approximate surface area is 179 Å². The Morgan fingerprint density at radius 3 is 2.17 bits per heavy atom. The summed E-state index contributed by atoms with van der Waals surface area (Å²) in [6.45, 7) is 8.95. The van der Waals surface area contributed by atoms with Gasteiger partial charge in [-0.15, -0.1) is 0 Å². The molecule has 30 heavy (non-hydrogen) atoms. The van der Waals surface area contributed by atoms with Gasteiger partial charge in [-0.2, -0.15) is 0 Å². The van der Waals surface area contributed by atoms with E-state index in [0.29, 0.717) is 37.2 Å². The molecule has 7 nitrogen and oxygen atoms in total. The van der Waals surface area contributed by atoms with Crippen LogP contribution in [-0.4, -0.2) is 54.9 Å². The Morgan fingerprint density at radius 1 is 1.07 bits per heavy atom. The standard InChI is InChI=1S/C23H35N3O4/c1-6-16(4)24-22(28)20(17-11-13-26(14-12-17)23(29)15(2)3)25-21(27)18-7-9-19(30-5)10-8-18/h7-10,15-17,20H,6,11-14H2,1-5H3,(H,24,28)(H,25,27)/t16-,20-/m0/s1. The van der Waals surface area contributed by atoms with E-state index in [4.69, 9.17) is 4.74 Å². The van der Waals surface area contributed by atoms with E-state index in [1.54, 1.807) is 31.4 Å². The van der Waals surface area contributed by atoms with Crippen LogP contribution in [0.25, 0.3) is 0 Å². The van der Waals surface area contributed by atoms with Gasteiger partial charge in [-0.3, -0.25) is 14.4 Å². The summed E-state index contributed by atoms with van der Waals surface area (Å²) in [5, 5.41) is 5.94. The van der Waals surface area contributed by atoms with Gasteiger partial charge >= 0.3 is 0 Å². The number of nitrogens with zero attached hydrogens (tertiary/aromatic N) is 1. The summed E-state index contributed by atoms with van der Waals surface area (Å²) >= 11 is 0. The molecule has 1 aromatic carbocycles. The van der Waals surface area contributed by atoms with Crippen molar-refractivity contribution in [2.75, 3.05) is 20.2 Å². The number of hydrogen-bond donors (Lipinski definition) is 2. The Balaban J connectivity index is 2.11. The van der Waals surface area contributed by atoms with Crippen molar-refractivity contribution in [3.05, 3.63) is 29.8 Å². The molecule has 0 spiro atoms. The Kier molecular flexibility index (Phi) is 8.69. The summed E-state index contributed by atoms with van der Waals surface area (Å²) in [6.07, 6.45) is 2.17. The van der Waals surface area contributed by atoms with Gasteiger partial charge in [0.2, 0.25) is 11.8 Å². The van der Waals surface area contributed by atoms with Gasteiger partial charge in [0.05, 0.1) is 7.11 Å². The molecule has 7 heteroatoms. The van der Waals surface area contributed by atoms with Crippen molar-refractivity contribution in [3.63, 3.8) is 0 Å². The Bertz CT molecular complexity index is 724. The zero-order valence-electron chi connectivity index (χ0n) is 18.7. The molecule has 2 rings (SSSR count). The second-order valence-corrected chi connectivity index (χ2v) is 8.31. The fourth-order valence-electron chi connectivity index (χ4n) is 3.62. The molecule has 0 saturated carbocycles. The molecule has 1 aromatic rings. The van der Waals surface area contributed by atoms with Gasteiger partial charge in [-0.1, -0.05) is 20.8 Å². The molecule has 0 unspecified atom stereocenters. The number of ether oxygens (including phenoxy) is 1. The van der Waals surface area contributed by atoms with E-state index in [2.05, 4.69) is 10.6 Å². The van der Waals surface area contributed by atoms with E-state index < -0.39 is 6.04 Å². The van der Waals surface area contributed by atoms with E-state index in [9.17, 15) is 14.4 Å². The SMILES string of the molecule is CC[C@H](C)NC(=O)[C@@H](NC(=O)c1ccc(OC)cc1)C1CCN(C(=O)C(C)C)CC1. The number of benzene rings is 1. The number of hydrogen-bond acceptors (Lipinski definition) is 4. The van der Waals surface area contributed by atoms with Crippen LogP contribution in [-0.2, 0) is 9.59 Å². The third-order valence-electron chi connectivity index (χ3n) is 5.74. The van der Waals surface area contributed by atoms with Crippen molar-refractivity contribution < 1.29 is 19.1 Å². The van der Waals surface area contributed by atoms with Crippen LogP contribution in [0.3, 0.4) is 0 Å². The highest BCUT2D eigenvalue weighted by atomic mass is 16.5. The fourth-order valence-corrected chi connectivity index (χ4v) is 3.62. The summed E-state index contributed by atoms with van der Waals surface area (Å²) in [6, 6.07) is 6.20. The van der Waals surface area contributed by atoms with Crippen molar-refractivity contribution in [1.82, 2.24) is 15.5 Å². The number of piperidine rings is 1. The highest BCUT2D eigenvalue weighted by Gasteiger charge is 2.34. The maximum Gasteiger partial charge on any atom is 0.251 e. The molecule has 2 N–H and O–H groups in total. The average Bonchev–Trinajstić information content (AvgIpc) is 2.76. The number of methoxy groups -OCH3 is 1. The maximum atomic E-state index is 13.0. The van der Waals surface area contributed by atoms with Crippen LogP contribution in [0.2, 0.25) is 0 Å². The van der Waals surface area contributed by atoms with Gasteiger partial charge in [0.15, 0.2) is 0 Å². The van der Waals surface area contributed by atoms with Crippen molar-refractivity contribution in [2.24, 2.45) is 11.8 Å². The van der Waals surface area contributed by atoms with Crippen LogP contribution in [0.4, 0.5) is 0 Å². The van der Waals surface area contributed by atoms with Crippen molar-refractivity contribution >= 4 is 17.7 Å². The minimum atomic E-state index is -0.634. The predicted molar refractivity (Wildman–Crippen MR) is 116 cm³/mol. The Morgan fingerprint density at radius 2 is 1.67 bits per heavy atom. The molecule has 0 radical (unpaired) electrons. The van der Waals surface area contributed by atoms with E-state index in [1.807, 2.05) is 32.6 Å². The lowest BCUT2D eigenvalue weighted by Crippen LogP contribution is -2.55. The number of carbonyl (C=O) groups is 3. The van der Waals surface area contributed by atoms with Gasteiger partial charge in [0.1, 0.15) is 11.8 Å². The molecular formula is C23H35N3O4. The van der Waals surface area contributed by atoms with Crippen molar-refractivity contribution in [2.45, 2.75) is 59.0 Å². The zero-order valence-corrected chi connectivity index (χ0v) is 18.7. The largest absolute Gasteiger partial charge is 0.497 e. The topological polar surface area (TPSA) is 87.7 Å². The molecule has 1 aliphatic rings. The van der Waals surface area contributed by atoms with Crippen LogP contribution in [0.15, 0.2) is 24.3 Å². The van der Waals surface area contributed by atoms with Gasteiger partial charge in [-0.05, 0) is 56.4 Å². The third-order valence-corrected chi connectivity index (χ3v) is 5.74. The molecule has 0 aromatic heterocycles. The zero-order chi connectivity index (χ0) is 22.3. The maximum absolute atomic E-state index is 13.0. The van der Waals surface area contributed by atoms with Crippen LogP contribution in [0.1, 0.15) is 57.3 Å². The van der Waals surface area contributed by atoms with E-state index >= 15 is 0 Å². The van der Waals surface area contributed by atoms with Crippen molar-refractivity contribution in [1.29, 1.82) is 0 Å². The fraction of sp³-hybridized carbons (Fsp3) is 0.609. The first-order valence-corrected chi connectivity index (χ1v) is 10.8. The first-order chi connectivity index (χ1) is 14.3. The molecule has 1 aliphatic heterocycles. The van der Waals surface area contributed by atoms with Gasteiger partial charge in [-0.25, -0.2) is 0 Å². The van der Waals surface area contributed by atoms with Crippen LogP contribution >= 0.6 is 0 Å². The molecule has 1 heterocycles. The molecule has 0 aliphatic carbocycles. The minimum Gasteiger partial charge on any atom is -0.497 e.